The average molecular weight is 505 g/mol. The highest BCUT2D eigenvalue weighted by Crippen LogP contribution is 2.30. The first-order valence-electron chi connectivity index (χ1n) is 10.9. The molecule has 1 amide bonds. The third-order valence-corrected chi connectivity index (χ3v) is 7.84. The SMILES string of the molecule is Cc1onc(-c2ccccc2Cl)c1C(=O)NCCCS(=O)(=O)N1CCN(c2ncccn2)CC1. The van der Waals surface area contributed by atoms with Crippen LogP contribution in [0.3, 0.4) is 0 Å². The monoisotopic (exact) mass is 504 g/mol. The molecule has 1 N–H and O–H groups in total. The van der Waals surface area contributed by atoms with Gasteiger partial charge in [0.2, 0.25) is 16.0 Å². The molecule has 1 aliphatic heterocycles. The summed E-state index contributed by atoms with van der Waals surface area (Å²) < 4.78 is 32.2. The number of aryl methyl sites for hydroxylation is 1. The van der Waals surface area contributed by atoms with Gasteiger partial charge in [-0.2, -0.15) is 4.31 Å². The zero-order valence-corrected chi connectivity index (χ0v) is 20.2. The van der Waals surface area contributed by atoms with Crippen molar-refractivity contribution in [1.29, 1.82) is 0 Å². The van der Waals surface area contributed by atoms with Crippen LogP contribution in [0.15, 0.2) is 47.2 Å². The number of piperazine rings is 1. The number of benzene rings is 1. The van der Waals surface area contributed by atoms with Gasteiger partial charge in [-0.05, 0) is 25.5 Å². The van der Waals surface area contributed by atoms with Gasteiger partial charge in [0.05, 0.1) is 10.8 Å². The Morgan fingerprint density at radius 3 is 2.53 bits per heavy atom. The third-order valence-electron chi connectivity index (χ3n) is 5.55. The number of sulfonamides is 1. The number of nitrogens with zero attached hydrogens (tertiary/aromatic N) is 5. The van der Waals surface area contributed by atoms with Crippen LogP contribution >= 0.6 is 11.6 Å². The first-order valence-corrected chi connectivity index (χ1v) is 12.8. The van der Waals surface area contributed by atoms with E-state index >= 15 is 0 Å². The lowest BCUT2D eigenvalue weighted by atomic mass is 10.1. The van der Waals surface area contributed by atoms with E-state index in [1.54, 1.807) is 49.6 Å². The van der Waals surface area contributed by atoms with Gasteiger partial charge < -0.3 is 14.7 Å². The molecule has 0 radical (unpaired) electrons. The van der Waals surface area contributed by atoms with Crippen molar-refractivity contribution in [1.82, 2.24) is 24.7 Å². The maximum atomic E-state index is 12.8. The van der Waals surface area contributed by atoms with Gasteiger partial charge in [-0.3, -0.25) is 4.79 Å². The van der Waals surface area contributed by atoms with Gasteiger partial charge in [-0.15, -0.1) is 0 Å². The summed E-state index contributed by atoms with van der Waals surface area (Å²) in [6.07, 6.45) is 3.61. The van der Waals surface area contributed by atoms with Crippen LogP contribution < -0.4 is 10.2 Å². The van der Waals surface area contributed by atoms with E-state index in [0.29, 0.717) is 54.2 Å². The highest BCUT2D eigenvalue weighted by Gasteiger charge is 2.28. The molecule has 0 aliphatic carbocycles. The summed E-state index contributed by atoms with van der Waals surface area (Å²) in [5, 5.41) is 7.21. The first-order chi connectivity index (χ1) is 16.4. The number of carbonyl (C=O) groups excluding carboxylic acids is 1. The second kappa shape index (κ2) is 10.5. The Bertz CT molecular complexity index is 1240. The second-order valence-corrected chi connectivity index (χ2v) is 10.3. The molecular formula is C22H25ClN6O4S. The minimum atomic E-state index is -3.44. The van der Waals surface area contributed by atoms with E-state index in [1.807, 2.05) is 4.90 Å². The number of amides is 1. The molecule has 34 heavy (non-hydrogen) atoms. The smallest absolute Gasteiger partial charge is 0.257 e. The molecule has 12 heteroatoms. The minimum absolute atomic E-state index is 0.0604. The molecular weight excluding hydrogens is 480 g/mol. The Hall–Kier alpha value is -3.02. The Morgan fingerprint density at radius 2 is 1.82 bits per heavy atom. The number of rotatable bonds is 8. The Kier molecular flexibility index (Phi) is 7.44. The maximum absolute atomic E-state index is 12.8. The van der Waals surface area contributed by atoms with Crippen molar-refractivity contribution in [3.8, 4) is 11.3 Å². The number of carbonyl (C=O) groups is 1. The van der Waals surface area contributed by atoms with Crippen molar-refractivity contribution in [2.24, 2.45) is 0 Å². The van der Waals surface area contributed by atoms with Crippen molar-refractivity contribution in [2.75, 3.05) is 43.4 Å². The van der Waals surface area contributed by atoms with Crippen molar-refractivity contribution < 1.29 is 17.7 Å². The lowest BCUT2D eigenvalue weighted by Gasteiger charge is -2.33. The molecule has 0 bridgehead atoms. The highest BCUT2D eigenvalue weighted by molar-refractivity contribution is 7.89. The number of nitrogens with one attached hydrogen (secondary N) is 1. The summed E-state index contributed by atoms with van der Waals surface area (Å²) in [6.45, 7) is 3.63. The number of hydrogen-bond donors (Lipinski definition) is 1. The number of halogens is 1. The van der Waals surface area contributed by atoms with Crippen LogP contribution in [0, 0.1) is 6.92 Å². The molecule has 0 atom stereocenters. The van der Waals surface area contributed by atoms with Gasteiger partial charge in [0.15, 0.2) is 0 Å². The summed E-state index contributed by atoms with van der Waals surface area (Å²) in [6, 6.07) is 8.79. The Labute approximate surface area is 203 Å². The summed E-state index contributed by atoms with van der Waals surface area (Å²) in [5.41, 5.74) is 1.23. The zero-order chi connectivity index (χ0) is 24.1. The normalized spacial score (nSPS) is 14.8. The quantitative estimate of drug-likeness (QED) is 0.464. The number of anilines is 1. The molecule has 1 saturated heterocycles. The average Bonchev–Trinajstić information content (AvgIpc) is 3.24. The highest BCUT2D eigenvalue weighted by atomic mass is 35.5. The fourth-order valence-electron chi connectivity index (χ4n) is 3.77. The van der Waals surface area contributed by atoms with E-state index in [0.717, 1.165) is 0 Å². The fraction of sp³-hybridized carbons (Fsp3) is 0.364. The summed E-state index contributed by atoms with van der Waals surface area (Å²) in [4.78, 5) is 23.2. The molecule has 3 aromatic rings. The van der Waals surface area contributed by atoms with E-state index in [2.05, 4.69) is 20.4 Å². The first kappa shape index (κ1) is 24.1. The largest absolute Gasteiger partial charge is 0.360 e. The summed E-state index contributed by atoms with van der Waals surface area (Å²) >= 11 is 6.24. The van der Waals surface area contributed by atoms with E-state index < -0.39 is 10.0 Å². The Morgan fingerprint density at radius 1 is 1.12 bits per heavy atom. The molecule has 1 fully saturated rings. The van der Waals surface area contributed by atoms with Crippen LogP contribution in [0.1, 0.15) is 22.5 Å². The predicted molar refractivity (Wildman–Crippen MR) is 128 cm³/mol. The maximum Gasteiger partial charge on any atom is 0.257 e. The van der Waals surface area contributed by atoms with Gasteiger partial charge in [0.25, 0.3) is 5.91 Å². The summed E-state index contributed by atoms with van der Waals surface area (Å²) in [7, 11) is -3.44. The Balaban J connectivity index is 1.29. The lowest BCUT2D eigenvalue weighted by molar-refractivity contribution is 0.0952. The second-order valence-electron chi connectivity index (χ2n) is 7.80. The van der Waals surface area contributed by atoms with E-state index in [4.69, 9.17) is 16.1 Å². The van der Waals surface area contributed by atoms with E-state index in [1.165, 1.54) is 4.31 Å². The van der Waals surface area contributed by atoms with Gasteiger partial charge in [-0.25, -0.2) is 18.4 Å². The topological polar surface area (TPSA) is 122 Å². The summed E-state index contributed by atoms with van der Waals surface area (Å²) in [5.74, 6) is 0.514. The van der Waals surface area contributed by atoms with E-state index in [-0.39, 0.29) is 30.2 Å². The standard InChI is InChI=1S/C22H25ClN6O4S/c1-16-19(20(27-33-16)17-6-2-3-7-18(17)23)21(30)24-10-5-15-34(31,32)29-13-11-28(12-14-29)22-25-8-4-9-26-22/h2-4,6-9H,5,10-15H2,1H3,(H,24,30). The third kappa shape index (κ3) is 5.37. The van der Waals surface area contributed by atoms with Gasteiger partial charge >= 0.3 is 0 Å². The molecule has 0 unspecified atom stereocenters. The number of aromatic nitrogens is 3. The molecule has 1 aliphatic rings. The number of hydrogen-bond acceptors (Lipinski definition) is 8. The van der Waals surface area contributed by atoms with Crippen LogP contribution in [-0.2, 0) is 10.0 Å². The van der Waals surface area contributed by atoms with Crippen LogP contribution in [0.5, 0.6) is 0 Å². The molecule has 1 aromatic carbocycles. The van der Waals surface area contributed by atoms with Crippen LogP contribution in [0.25, 0.3) is 11.3 Å². The van der Waals surface area contributed by atoms with Crippen LogP contribution in [0.2, 0.25) is 5.02 Å². The van der Waals surface area contributed by atoms with Crippen molar-refractivity contribution >= 4 is 33.5 Å². The lowest BCUT2D eigenvalue weighted by Crippen LogP contribution is -2.49. The molecule has 3 heterocycles. The van der Waals surface area contributed by atoms with Crippen molar-refractivity contribution in [2.45, 2.75) is 13.3 Å². The molecule has 10 nitrogen and oxygen atoms in total. The molecule has 4 rings (SSSR count). The molecule has 0 saturated carbocycles. The predicted octanol–water partition coefficient (Wildman–Crippen LogP) is 2.37. The van der Waals surface area contributed by atoms with Crippen molar-refractivity contribution in [3.63, 3.8) is 0 Å². The van der Waals surface area contributed by atoms with Gasteiger partial charge in [0, 0.05) is 50.7 Å². The zero-order valence-electron chi connectivity index (χ0n) is 18.6. The van der Waals surface area contributed by atoms with Crippen LogP contribution in [0.4, 0.5) is 5.95 Å². The van der Waals surface area contributed by atoms with Crippen molar-refractivity contribution in [3.05, 3.63) is 59.1 Å². The van der Waals surface area contributed by atoms with Crippen LogP contribution in [-0.4, -0.2) is 72.2 Å². The fourth-order valence-corrected chi connectivity index (χ4v) is 5.48. The molecule has 2 aromatic heterocycles. The minimum Gasteiger partial charge on any atom is -0.360 e. The van der Waals surface area contributed by atoms with E-state index in [9.17, 15) is 13.2 Å². The van der Waals surface area contributed by atoms with Gasteiger partial charge in [-0.1, -0.05) is 35.0 Å². The molecule has 180 valence electrons. The van der Waals surface area contributed by atoms with Gasteiger partial charge in [0.1, 0.15) is 17.0 Å². The molecule has 0 spiro atoms.